The molecule has 1 aromatic rings. The van der Waals surface area contributed by atoms with Gasteiger partial charge in [0, 0.05) is 0 Å². The lowest BCUT2D eigenvalue weighted by molar-refractivity contribution is -0.118. The van der Waals surface area contributed by atoms with Crippen molar-refractivity contribution in [1.82, 2.24) is 5.32 Å². The Kier molecular flexibility index (Phi) is 4.35. The summed E-state index contributed by atoms with van der Waals surface area (Å²) >= 11 is 0. The largest absolute Gasteiger partial charge is 0.490 e. The Balaban J connectivity index is 1.95. The summed E-state index contributed by atoms with van der Waals surface area (Å²) < 4.78 is 10.6. The fourth-order valence-electron chi connectivity index (χ4n) is 1.99. The first-order chi connectivity index (χ1) is 9.87. The fourth-order valence-corrected chi connectivity index (χ4v) is 1.99. The molecule has 0 radical (unpaired) electrons. The van der Waals surface area contributed by atoms with Gasteiger partial charge in [0.1, 0.15) is 24.5 Å². The number of ether oxygens (including phenoxy) is 2. The molecule has 1 aromatic carbocycles. The summed E-state index contributed by atoms with van der Waals surface area (Å²) in [5.41, 5.74) is 0.137. The van der Waals surface area contributed by atoms with Gasteiger partial charge in [-0.1, -0.05) is 12.1 Å². The number of nitrogens with one attached hydrogen (secondary N) is 1. The highest BCUT2D eigenvalue weighted by Gasteiger charge is 2.24. The Morgan fingerprint density at radius 3 is 2.76 bits per heavy atom. The third kappa shape index (κ3) is 4.11. The number of alkyl carbamates (subject to hydrolysis) is 1. The van der Waals surface area contributed by atoms with Crippen molar-refractivity contribution < 1.29 is 19.1 Å². The van der Waals surface area contributed by atoms with E-state index in [9.17, 15) is 9.59 Å². The average Bonchev–Trinajstić information content (AvgIpc) is 2.42. The van der Waals surface area contributed by atoms with Gasteiger partial charge in [-0.15, -0.1) is 0 Å². The molecule has 0 atom stereocenters. The molecule has 1 heterocycles. The van der Waals surface area contributed by atoms with E-state index in [1.165, 1.54) is 0 Å². The molecule has 0 bridgehead atoms. The summed E-state index contributed by atoms with van der Waals surface area (Å²) in [6, 6.07) is 7.33. The third-order valence-electron chi connectivity index (χ3n) is 2.81. The van der Waals surface area contributed by atoms with Crippen molar-refractivity contribution >= 4 is 17.7 Å². The molecule has 0 unspecified atom stereocenters. The normalized spacial score (nSPS) is 14.0. The van der Waals surface area contributed by atoms with Gasteiger partial charge in [-0.3, -0.25) is 4.79 Å². The topological polar surface area (TPSA) is 67.9 Å². The number of rotatable bonds is 2. The Labute approximate surface area is 124 Å². The van der Waals surface area contributed by atoms with Crippen molar-refractivity contribution in [2.24, 2.45) is 0 Å². The van der Waals surface area contributed by atoms with Crippen LogP contribution in [0.25, 0.3) is 0 Å². The number of hydrogen-bond donors (Lipinski definition) is 1. The van der Waals surface area contributed by atoms with E-state index >= 15 is 0 Å². The lowest BCUT2D eigenvalue weighted by atomic mass is 10.2. The van der Waals surface area contributed by atoms with E-state index < -0.39 is 11.7 Å². The molecule has 114 valence electrons. The molecule has 2 rings (SSSR count). The molecular weight excluding hydrogens is 272 g/mol. The number of carbonyl (C=O) groups excluding carboxylic acids is 2. The molecule has 0 fully saturated rings. The SMILES string of the molecule is CC(C)(C)OC(=O)NCC(=O)N1CCOc2ccccc21. The molecule has 1 aliphatic heterocycles. The minimum absolute atomic E-state index is 0.108. The van der Waals surface area contributed by atoms with Gasteiger partial charge in [0.2, 0.25) is 5.91 Å². The minimum atomic E-state index is -0.600. The molecule has 0 saturated heterocycles. The van der Waals surface area contributed by atoms with E-state index in [4.69, 9.17) is 9.47 Å². The number of amides is 2. The molecule has 1 aliphatic rings. The van der Waals surface area contributed by atoms with Crippen molar-refractivity contribution in [3.05, 3.63) is 24.3 Å². The summed E-state index contributed by atoms with van der Waals surface area (Å²) in [6.45, 7) is 6.11. The van der Waals surface area contributed by atoms with Crippen LogP contribution >= 0.6 is 0 Å². The van der Waals surface area contributed by atoms with Gasteiger partial charge < -0.3 is 19.7 Å². The number of fused-ring (bicyclic) bond motifs is 1. The summed E-state index contributed by atoms with van der Waals surface area (Å²) in [4.78, 5) is 25.4. The summed E-state index contributed by atoms with van der Waals surface area (Å²) in [5, 5.41) is 2.47. The molecular formula is C15H20N2O4. The number of anilines is 1. The van der Waals surface area contributed by atoms with Crippen LogP contribution in [-0.2, 0) is 9.53 Å². The van der Waals surface area contributed by atoms with Crippen LogP contribution in [-0.4, -0.2) is 37.3 Å². The van der Waals surface area contributed by atoms with Gasteiger partial charge in [0.25, 0.3) is 0 Å². The van der Waals surface area contributed by atoms with Gasteiger partial charge in [0.05, 0.1) is 12.2 Å². The van der Waals surface area contributed by atoms with E-state index in [1.807, 2.05) is 24.3 Å². The van der Waals surface area contributed by atoms with Crippen molar-refractivity contribution in [3.8, 4) is 5.75 Å². The first kappa shape index (κ1) is 15.2. The lowest BCUT2D eigenvalue weighted by Crippen LogP contribution is -2.45. The predicted octanol–water partition coefficient (Wildman–Crippen LogP) is 1.94. The van der Waals surface area contributed by atoms with Crippen LogP contribution in [0.5, 0.6) is 5.75 Å². The Bertz CT molecular complexity index is 537. The number of hydrogen-bond acceptors (Lipinski definition) is 4. The first-order valence-electron chi connectivity index (χ1n) is 6.86. The van der Waals surface area contributed by atoms with Gasteiger partial charge in [0.15, 0.2) is 0 Å². The van der Waals surface area contributed by atoms with Crippen LogP contribution in [0.1, 0.15) is 20.8 Å². The van der Waals surface area contributed by atoms with Crippen molar-refractivity contribution in [3.63, 3.8) is 0 Å². The second-order valence-electron chi connectivity index (χ2n) is 5.72. The monoisotopic (exact) mass is 292 g/mol. The van der Waals surface area contributed by atoms with Crippen LogP contribution in [0, 0.1) is 0 Å². The van der Waals surface area contributed by atoms with Crippen LogP contribution in [0.2, 0.25) is 0 Å². The highest BCUT2D eigenvalue weighted by atomic mass is 16.6. The van der Waals surface area contributed by atoms with E-state index in [0.29, 0.717) is 18.9 Å². The number of benzene rings is 1. The van der Waals surface area contributed by atoms with Crippen LogP contribution in [0.4, 0.5) is 10.5 Å². The highest BCUT2D eigenvalue weighted by Crippen LogP contribution is 2.30. The Morgan fingerprint density at radius 2 is 2.05 bits per heavy atom. The maximum absolute atomic E-state index is 12.2. The molecule has 0 saturated carbocycles. The first-order valence-corrected chi connectivity index (χ1v) is 6.86. The highest BCUT2D eigenvalue weighted by molar-refractivity contribution is 5.97. The molecule has 1 N–H and O–H groups in total. The maximum Gasteiger partial charge on any atom is 0.408 e. The summed E-state index contributed by atoms with van der Waals surface area (Å²) in [7, 11) is 0. The lowest BCUT2D eigenvalue weighted by Gasteiger charge is -2.29. The van der Waals surface area contributed by atoms with Gasteiger partial charge in [-0.2, -0.15) is 0 Å². The quantitative estimate of drug-likeness (QED) is 0.904. The van der Waals surface area contributed by atoms with Crippen molar-refractivity contribution in [1.29, 1.82) is 0 Å². The Morgan fingerprint density at radius 1 is 1.33 bits per heavy atom. The van der Waals surface area contributed by atoms with Crippen molar-refractivity contribution in [2.45, 2.75) is 26.4 Å². The van der Waals surface area contributed by atoms with E-state index in [0.717, 1.165) is 5.69 Å². The minimum Gasteiger partial charge on any atom is -0.490 e. The molecule has 6 heteroatoms. The maximum atomic E-state index is 12.2. The van der Waals surface area contributed by atoms with E-state index in [1.54, 1.807) is 25.7 Å². The molecule has 0 aliphatic carbocycles. The van der Waals surface area contributed by atoms with Crippen molar-refractivity contribution in [2.75, 3.05) is 24.6 Å². The van der Waals surface area contributed by atoms with Gasteiger partial charge in [-0.05, 0) is 32.9 Å². The predicted molar refractivity (Wildman–Crippen MR) is 78.5 cm³/mol. The average molecular weight is 292 g/mol. The fraction of sp³-hybridized carbons (Fsp3) is 0.467. The summed E-state index contributed by atoms with van der Waals surface area (Å²) in [6.07, 6.45) is -0.600. The molecule has 6 nitrogen and oxygen atoms in total. The van der Waals surface area contributed by atoms with Gasteiger partial charge in [-0.25, -0.2) is 4.79 Å². The van der Waals surface area contributed by atoms with E-state index in [2.05, 4.69) is 5.32 Å². The smallest absolute Gasteiger partial charge is 0.408 e. The third-order valence-corrected chi connectivity index (χ3v) is 2.81. The Hall–Kier alpha value is -2.24. The molecule has 0 spiro atoms. The zero-order valence-electron chi connectivity index (χ0n) is 12.5. The molecule has 21 heavy (non-hydrogen) atoms. The number of nitrogens with zero attached hydrogens (tertiary/aromatic N) is 1. The van der Waals surface area contributed by atoms with Gasteiger partial charge >= 0.3 is 6.09 Å². The molecule has 2 amide bonds. The van der Waals surface area contributed by atoms with Crippen LogP contribution in [0.15, 0.2) is 24.3 Å². The summed E-state index contributed by atoms with van der Waals surface area (Å²) in [5.74, 6) is 0.478. The van der Waals surface area contributed by atoms with Crippen LogP contribution in [0.3, 0.4) is 0 Å². The standard InChI is InChI=1S/C15H20N2O4/c1-15(2,3)21-14(19)16-10-13(18)17-8-9-20-12-7-5-4-6-11(12)17/h4-7H,8-10H2,1-3H3,(H,16,19). The number of carbonyl (C=O) groups is 2. The zero-order chi connectivity index (χ0) is 15.5. The van der Waals surface area contributed by atoms with E-state index in [-0.39, 0.29) is 12.5 Å². The second kappa shape index (κ2) is 6.03. The van der Waals surface area contributed by atoms with Crippen LogP contribution < -0.4 is 15.0 Å². The molecule has 0 aromatic heterocycles. The second-order valence-corrected chi connectivity index (χ2v) is 5.72. The zero-order valence-corrected chi connectivity index (χ0v) is 12.5. The number of para-hydroxylation sites is 2.